The molecule has 2 aliphatic heterocycles. The second-order valence-electron chi connectivity index (χ2n) is 6.50. The van der Waals surface area contributed by atoms with Crippen molar-refractivity contribution in [3.05, 3.63) is 35.4 Å². The summed E-state index contributed by atoms with van der Waals surface area (Å²) in [5, 5.41) is 0. The van der Waals surface area contributed by atoms with Gasteiger partial charge in [0, 0.05) is 12.0 Å². The summed E-state index contributed by atoms with van der Waals surface area (Å²) < 4.78 is 11.4. The summed E-state index contributed by atoms with van der Waals surface area (Å²) in [7, 11) is 0. The lowest BCUT2D eigenvalue weighted by Crippen LogP contribution is -2.50. The van der Waals surface area contributed by atoms with Crippen LogP contribution in [-0.2, 0) is 19.9 Å². The van der Waals surface area contributed by atoms with Crippen LogP contribution in [-0.4, -0.2) is 17.5 Å². The molecule has 2 spiro atoms. The van der Waals surface area contributed by atoms with Gasteiger partial charge in [0.05, 0.1) is 12.0 Å². The largest absolute Gasteiger partial charge is 0.459 e. The Balaban J connectivity index is 1.78. The van der Waals surface area contributed by atoms with E-state index in [-0.39, 0.29) is 18.4 Å². The summed E-state index contributed by atoms with van der Waals surface area (Å²) in [5.74, 6) is -0.557. The highest BCUT2D eigenvalue weighted by Gasteiger charge is 2.56. The van der Waals surface area contributed by atoms with Crippen LogP contribution in [0.5, 0.6) is 0 Å². The Labute approximate surface area is 123 Å². The van der Waals surface area contributed by atoms with Crippen molar-refractivity contribution in [3.63, 3.8) is 0 Å². The van der Waals surface area contributed by atoms with Gasteiger partial charge < -0.3 is 9.47 Å². The number of ether oxygens (including phenoxy) is 2. The van der Waals surface area contributed by atoms with E-state index in [9.17, 15) is 9.59 Å². The van der Waals surface area contributed by atoms with Gasteiger partial charge in [-0.15, -0.1) is 0 Å². The molecular formula is C17H18O4. The molecule has 1 aliphatic carbocycles. The first-order valence-electron chi connectivity index (χ1n) is 7.67. The van der Waals surface area contributed by atoms with E-state index in [0.717, 1.165) is 31.2 Å². The van der Waals surface area contributed by atoms with Crippen molar-refractivity contribution in [2.24, 2.45) is 0 Å². The molecule has 3 aliphatic rings. The molecule has 2 heterocycles. The monoisotopic (exact) mass is 286 g/mol. The standard InChI is InChI=1S/C17H18O4/c18-14-10-17(11-16(20-14)8-4-1-5-9-16)13-7-3-2-6-12(13)15(19)21-17/h2-3,6-7H,1,4-5,8-11H2. The van der Waals surface area contributed by atoms with Gasteiger partial charge in [-0.1, -0.05) is 24.6 Å². The smallest absolute Gasteiger partial charge is 0.339 e. The molecule has 4 heteroatoms. The topological polar surface area (TPSA) is 52.6 Å². The van der Waals surface area contributed by atoms with E-state index in [1.807, 2.05) is 18.2 Å². The molecule has 1 aromatic rings. The fourth-order valence-corrected chi connectivity index (χ4v) is 4.21. The molecule has 110 valence electrons. The van der Waals surface area contributed by atoms with Crippen LogP contribution >= 0.6 is 0 Å². The fraction of sp³-hybridized carbons (Fsp3) is 0.529. The van der Waals surface area contributed by atoms with E-state index >= 15 is 0 Å². The fourth-order valence-electron chi connectivity index (χ4n) is 4.21. The second-order valence-corrected chi connectivity index (χ2v) is 6.50. The first-order valence-corrected chi connectivity index (χ1v) is 7.67. The van der Waals surface area contributed by atoms with Gasteiger partial charge in [0.15, 0.2) is 5.60 Å². The van der Waals surface area contributed by atoms with E-state index in [4.69, 9.17) is 9.47 Å². The molecular weight excluding hydrogens is 268 g/mol. The van der Waals surface area contributed by atoms with Crippen LogP contribution in [0, 0.1) is 0 Å². The first kappa shape index (κ1) is 12.9. The maximum atomic E-state index is 12.2. The lowest BCUT2D eigenvalue weighted by atomic mass is 9.71. The highest BCUT2D eigenvalue weighted by molar-refractivity contribution is 5.95. The van der Waals surface area contributed by atoms with Gasteiger partial charge in [-0.25, -0.2) is 4.79 Å². The molecule has 1 unspecified atom stereocenters. The van der Waals surface area contributed by atoms with Crippen LogP contribution in [0.3, 0.4) is 0 Å². The zero-order valence-electron chi connectivity index (χ0n) is 11.9. The highest BCUT2D eigenvalue weighted by atomic mass is 16.6. The van der Waals surface area contributed by atoms with Gasteiger partial charge in [-0.3, -0.25) is 4.79 Å². The molecule has 4 nitrogen and oxygen atoms in total. The van der Waals surface area contributed by atoms with E-state index in [0.29, 0.717) is 12.0 Å². The zero-order chi connectivity index (χ0) is 14.5. The van der Waals surface area contributed by atoms with E-state index < -0.39 is 11.2 Å². The average molecular weight is 286 g/mol. The van der Waals surface area contributed by atoms with Crippen molar-refractivity contribution >= 4 is 11.9 Å². The van der Waals surface area contributed by atoms with E-state index in [1.165, 1.54) is 6.42 Å². The molecule has 0 aromatic heterocycles. The number of hydrogen-bond acceptors (Lipinski definition) is 4. The Kier molecular flexibility index (Phi) is 2.65. The zero-order valence-corrected chi connectivity index (χ0v) is 11.9. The van der Waals surface area contributed by atoms with Gasteiger partial charge in [0.1, 0.15) is 5.60 Å². The van der Waals surface area contributed by atoms with Gasteiger partial charge in [0.25, 0.3) is 0 Å². The molecule has 4 rings (SSSR count). The molecule has 1 saturated heterocycles. The molecule has 1 atom stereocenters. The maximum Gasteiger partial charge on any atom is 0.339 e. The third-order valence-corrected chi connectivity index (χ3v) is 5.06. The van der Waals surface area contributed by atoms with Crippen molar-refractivity contribution in [2.75, 3.05) is 0 Å². The lowest BCUT2D eigenvalue weighted by Gasteiger charge is -2.46. The van der Waals surface area contributed by atoms with Crippen molar-refractivity contribution < 1.29 is 19.1 Å². The predicted molar refractivity (Wildman–Crippen MR) is 74.7 cm³/mol. The minimum Gasteiger partial charge on any atom is -0.459 e. The Morgan fingerprint density at radius 2 is 1.71 bits per heavy atom. The Morgan fingerprint density at radius 1 is 0.952 bits per heavy atom. The number of benzene rings is 1. The summed E-state index contributed by atoms with van der Waals surface area (Å²) in [6.45, 7) is 0. The van der Waals surface area contributed by atoms with Gasteiger partial charge >= 0.3 is 11.9 Å². The molecule has 0 radical (unpaired) electrons. The normalized spacial score (nSPS) is 30.1. The number of hydrogen-bond donors (Lipinski definition) is 0. The van der Waals surface area contributed by atoms with Crippen molar-refractivity contribution in [1.82, 2.24) is 0 Å². The minimum absolute atomic E-state index is 0.136. The summed E-state index contributed by atoms with van der Waals surface area (Å²) >= 11 is 0. The number of carbonyl (C=O) groups excluding carboxylic acids is 2. The lowest BCUT2D eigenvalue weighted by molar-refractivity contribution is -0.195. The van der Waals surface area contributed by atoms with Crippen LogP contribution < -0.4 is 0 Å². The van der Waals surface area contributed by atoms with Crippen LogP contribution in [0.4, 0.5) is 0 Å². The Bertz CT molecular complexity index is 611. The van der Waals surface area contributed by atoms with Crippen LogP contribution in [0.15, 0.2) is 24.3 Å². The molecule has 1 saturated carbocycles. The number of esters is 2. The molecule has 2 fully saturated rings. The Hall–Kier alpha value is -1.84. The average Bonchev–Trinajstić information content (AvgIpc) is 2.71. The van der Waals surface area contributed by atoms with Crippen molar-refractivity contribution in [2.45, 2.75) is 56.1 Å². The molecule has 21 heavy (non-hydrogen) atoms. The summed E-state index contributed by atoms with van der Waals surface area (Å²) in [6, 6.07) is 7.42. The summed E-state index contributed by atoms with van der Waals surface area (Å²) in [5.41, 5.74) is 0.209. The summed E-state index contributed by atoms with van der Waals surface area (Å²) in [6.07, 6.45) is 5.81. The maximum absolute atomic E-state index is 12.2. The van der Waals surface area contributed by atoms with Crippen LogP contribution in [0.25, 0.3) is 0 Å². The van der Waals surface area contributed by atoms with Gasteiger partial charge in [-0.2, -0.15) is 0 Å². The number of carbonyl (C=O) groups is 2. The first-order chi connectivity index (χ1) is 10.1. The molecule has 0 N–H and O–H groups in total. The molecule has 0 amide bonds. The Morgan fingerprint density at radius 3 is 2.52 bits per heavy atom. The van der Waals surface area contributed by atoms with E-state index in [2.05, 4.69) is 0 Å². The van der Waals surface area contributed by atoms with Crippen LogP contribution in [0.2, 0.25) is 0 Å². The number of rotatable bonds is 0. The summed E-state index contributed by atoms with van der Waals surface area (Å²) in [4.78, 5) is 24.3. The van der Waals surface area contributed by atoms with Crippen LogP contribution in [0.1, 0.15) is 60.9 Å². The second kappa shape index (κ2) is 4.33. The predicted octanol–water partition coefficient (Wildman–Crippen LogP) is 3.09. The van der Waals surface area contributed by atoms with Gasteiger partial charge in [-0.05, 0) is 31.7 Å². The third-order valence-electron chi connectivity index (χ3n) is 5.06. The third kappa shape index (κ3) is 1.88. The number of fused-ring (bicyclic) bond motifs is 2. The molecule has 0 bridgehead atoms. The van der Waals surface area contributed by atoms with E-state index in [1.54, 1.807) is 6.07 Å². The highest BCUT2D eigenvalue weighted by Crippen LogP contribution is 2.52. The van der Waals surface area contributed by atoms with Gasteiger partial charge in [0.2, 0.25) is 0 Å². The minimum atomic E-state index is -0.805. The quantitative estimate of drug-likeness (QED) is 0.688. The molecule has 1 aromatic carbocycles. The van der Waals surface area contributed by atoms with Crippen molar-refractivity contribution in [1.29, 1.82) is 0 Å². The SMILES string of the molecule is O=C1CC2(CC3(CCCCC3)O1)OC(=O)c1ccccc12. The van der Waals surface area contributed by atoms with Crippen molar-refractivity contribution in [3.8, 4) is 0 Å².